The number of hydrogen-bond donors (Lipinski definition) is 0. The van der Waals surface area contributed by atoms with Crippen molar-refractivity contribution in [2.75, 3.05) is 0 Å². The van der Waals surface area contributed by atoms with Gasteiger partial charge in [-0.25, -0.2) is 0 Å². The Morgan fingerprint density at radius 2 is 1.43 bits per heavy atom. The number of carbonyl (C=O) groups excluding carboxylic acids is 1. The van der Waals surface area contributed by atoms with Crippen molar-refractivity contribution in [3.05, 3.63) is 84.7 Å². The fourth-order valence-electron chi connectivity index (χ4n) is 4.60. The first-order chi connectivity index (χ1) is 14.8. The number of para-hydroxylation sites is 1. The maximum atomic E-state index is 13.2. The Kier molecular flexibility index (Phi) is 5.10. The lowest BCUT2D eigenvalue weighted by Gasteiger charge is -2.39. The number of hydrogen-bond acceptors (Lipinski definition) is 4. The van der Waals surface area contributed by atoms with Gasteiger partial charge >= 0.3 is 0 Å². The molecule has 3 aromatic rings. The number of amides is 1. The predicted octanol–water partition coefficient (Wildman–Crippen LogP) is 5.09. The molecule has 0 radical (unpaired) electrons. The molecule has 2 bridgehead atoms. The smallest absolute Gasteiger partial charge is 0.254 e. The van der Waals surface area contributed by atoms with Gasteiger partial charge < -0.3 is 14.4 Å². The lowest BCUT2D eigenvalue weighted by molar-refractivity contribution is 0.0359. The summed E-state index contributed by atoms with van der Waals surface area (Å²) in [5.74, 6) is 2.47. The standard InChI is InChI=1S/C25H24N2O3/c28-25(18-6-10-22(11-7-18)29-21-4-2-1-3-5-21)27-19-8-9-20(27)17-24(16-19)30-23-12-14-26-15-13-23/h1-7,10-15,19-20,24H,8-9,16-17H2. The lowest BCUT2D eigenvalue weighted by Crippen LogP contribution is -2.49. The highest BCUT2D eigenvalue weighted by Crippen LogP contribution is 2.38. The zero-order valence-corrected chi connectivity index (χ0v) is 16.7. The number of pyridine rings is 1. The SMILES string of the molecule is O=C(c1ccc(Oc2ccccc2)cc1)N1C2CCC1CC(Oc1ccncc1)C2. The Bertz CT molecular complexity index is 978. The van der Waals surface area contributed by atoms with Gasteiger partial charge in [0.15, 0.2) is 0 Å². The molecular weight excluding hydrogens is 376 g/mol. The maximum absolute atomic E-state index is 13.2. The Labute approximate surface area is 176 Å². The van der Waals surface area contributed by atoms with E-state index in [4.69, 9.17) is 9.47 Å². The van der Waals surface area contributed by atoms with Gasteiger partial charge in [-0.1, -0.05) is 18.2 Å². The number of aromatic nitrogens is 1. The van der Waals surface area contributed by atoms with Crippen LogP contribution in [0.3, 0.4) is 0 Å². The molecule has 5 heteroatoms. The van der Waals surface area contributed by atoms with Crippen molar-refractivity contribution in [3.8, 4) is 17.2 Å². The molecule has 2 aromatic carbocycles. The van der Waals surface area contributed by atoms with E-state index in [1.54, 1.807) is 12.4 Å². The predicted molar refractivity (Wildman–Crippen MR) is 114 cm³/mol. The molecular formula is C25H24N2O3. The van der Waals surface area contributed by atoms with E-state index in [9.17, 15) is 4.79 Å². The number of fused-ring (bicyclic) bond motifs is 2. The first kappa shape index (κ1) is 18.7. The molecule has 0 N–H and O–H groups in total. The molecule has 2 fully saturated rings. The number of carbonyl (C=O) groups is 1. The largest absolute Gasteiger partial charge is 0.490 e. The van der Waals surface area contributed by atoms with Crippen LogP contribution in [0.2, 0.25) is 0 Å². The fourth-order valence-corrected chi connectivity index (χ4v) is 4.60. The van der Waals surface area contributed by atoms with Crippen LogP contribution in [-0.2, 0) is 0 Å². The molecule has 3 heterocycles. The van der Waals surface area contributed by atoms with Crippen LogP contribution < -0.4 is 9.47 Å². The Hall–Kier alpha value is -3.34. The number of nitrogens with zero attached hydrogens (tertiary/aromatic N) is 2. The van der Waals surface area contributed by atoms with Gasteiger partial charge in [-0.15, -0.1) is 0 Å². The van der Waals surface area contributed by atoms with Gasteiger partial charge in [0.1, 0.15) is 23.4 Å². The van der Waals surface area contributed by atoms with Crippen LogP contribution in [0.25, 0.3) is 0 Å². The minimum Gasteiger partial charge on any atom is -0.490 e. The molecule has 0 spiro atoms. The van der Waals surface area contributed by atoms with Crippen molar-refractivity contribution in [2.45, 2.75) is 43.9 Å². The highest BCUT2D eigenvalue weighted by Gasteiger charge is 2.44. The highest BCUT2D eigenvalue weighted by atomic mass is 16.5. The molecule has 2 aliphatic rings. The average Bonchev–Trinajstić information content (AvgIpc) is 3.05. The summed E-state index contributed by atoms with van der Waals surface area (Å²) in [4.78, 5) is 19.4. The topological polar surface area (TPSA) is 51.7 Å². The summed E-state index contributed by atoms with van der Waals surface area (Å²) in [6.07, 6.45) is 7.47. The Morgan fingerprint density at radius 1 is 0.800 bits per heavy atom. The molecule has 0 aliphatic carbocycles. The van der Waals surface area contributed by atoms with Crippen molar-refractivity contribution in [2.24, 2.45) is 0 Å². The summed E-state index contributed by atoms with van der Waals surface area (Å²) < 4.78 is 12.0. The second-order valence-electron chi connectivity index (χ2n) is 7.93. The summed E-state index contributed by atoms with van der Waals surface area (Å²) in [5.41, 5.74) is 0.709. The van der Waals surface area contributed by atoms with Crippen molar-refractivity contribution >= 4 is 5.91 Å². The third-order valence-electron chi connectivity index (χ3n) is 5.96. The molecule has 30 heavy (non-hydrogen) atoms. The van der Waals surface area contributed by atoms with E-state index in [2.05, 4.69) is 9.88 Å². The van der Waals surface area contributed by atoms with E-state index in [1.807, 2.05) is 66.7 Å². The van der Waals surface area contributed by atoms with Crippen LogP contribution >= 0.6 is 0 Å². The lowest BCUT2D eigenvalue weighted by atomic mass is 9.98. The van der Waals surface area contributed by atoms with Crippen LogP contribution in [0.1, 0.15) is 36.0 Å². The van der Waals surface area contributed by atoms with Gasteiger partial charge in [-0.05, 0) is 61.4 Å². The van der Waals surface area contributed by atoms with Gasteiger partial charge in [0.05, 0.1) is 0 Å². The third-order valence-corrected chi connectivity index (χ3v) is 5.96. The summed E-state index contributed by atoms with van der Waals surface area (Å²) >= 11 is 0. The first-order valence-electron chi connectivity index (χ1n) is 10.5. The van der Waals surface area contributed by atoms with Crippen molar-refractivity contribution in [3.63, 3.8) is 0 Å². The van der Waals surface area contributed by atoms with Crippen LogP contribution in [0.4, 0.5) is 0 Å². The van der Waals surface area contributed by atoms with Crippen LogP contribution in [0, 0.1) is 0 Å². The van der Waals surface area contributed by atoms with E-state index in [0.29, 0.717) is 5.56 Å². The number of rotatable bonds is 5. The number of benzene rings is 2. The Morgan fingerprint density at radius 3 is 2.10 bits per heavy atom. The van der Waals surface area contributed by atoms with Crippen LogP contribution in [-0.4, -0.2) is 34.0 Å². The molecule has 1 amide bonds. The van der Waals surface area contributed by atoms with E-state index >= 15 is 0 Å². The van der Waals surface area contributed by atoms with Crippen LogP contribution in [0.5, 0.6) is 17.2 Å². The number of piperidine rings is 1. The van der Waals surface area contributed by atoms with Gasteiger partial charge in [-0.2, -0.15) is 0 Å². The summed E-state index contributed by atoms with van der Waals surface area (Å²) in [6, 6.07) is 21.3. The summed E-state index contributed by atoms with van der Waals surface area (Å²) in [5, 5.41) is 0. The number of ether oxygens (including phenoxy) is 2. The zero-order chi connectivity index (χ0) is 20.3. The molecule has 5 rings (SSSR count). The third kappa shape index (κ3) is 3.88. The summed E-state index contributed by atoms with van der Waals surface area (Å²) in [6.45, 7) is 0. The van der Waals surface area contributed by atoms with E-state index in [1.165, 1.54) is 0 Å². The van der Waals surface area contributed by atoms with E-state index in [0.717, 1.165) is 42.9 Å². The average molecular weight is 400 g/mol. The second kappa shape index (κ2) is 8.19. The van der Waals surface area contributed by atoms with Crippen LogP contribution in [0.15, 0.2) is 79.1 Å². The minimum atomic E-state index is 0.108. The Balaban J connectivity index is 1.24. The maximum Gasteiger partial charge on any atom is 0.254 e. The first-order valence-corrected chi connectivity index (χ1v) is 10.5. The molecule has 2 aliphatic heterocycles. The zero-order valence-electron chi connectivity index (χ0n) is 16.7. The summed E-state index contributed by atoms with van der Waals surface area (Å²) in [7, 11) is 0. The molecule has 5 nitrogen and oxygen atoms in total. The van der Waals surface area contributed by atoms with Gasteiger partial charge in [0.25, 0.3) is 5.91 Å². The van der Waals surface area contributed by atoms with Crippen molar-refractivity contribution in [1.29, 1.82) is 0 Å². The highest BCUT2D eigenvalue weighted by molar-refractivity contribution is 5.95. The molecule has 152 valence electrons. The van der Waals surface area contributed by atoms with Gasteiger partial charge in [0, 0.05) is 42.9 Å². The molecule has 2 saturated heterocycles. The van der Waals surface area contributed by atoms with Gasteiger partial charge in [0.2, 0.25) is 0 Å². The fraction of sp³-hybridized carbons (Fsp3) is 0.280. The quantitative estimate of drug-likeness (QED) is 0.599. The van der Waals surface area contributed by atoms with Crippen molar-refractivity contribution in [1.82, 2.24) is 9.88 Å². The molecule has 1 aromatic heterocycles. The minimum absolute atomic E-state index is 0.108. The molecule has 2 unspecified atom stereocenters. The van der Waals surface area contributed by atoms with Gasteiger partial charge in [-0.3, -0.25) is 9.78 Å². The molecule has 2 atom stereocenters. The van der Waals surface area contributed by atoms with E-state index in [-0.39, 0.29) is 24.1 Å². The molecule has 0 saturated carbocycles. The second-order valence-corrected chi connectivity index (χ2v) is 7.93. The monoisotopic (exact) mass is 400 g/mol. The van der Waals surface area contributed by atoms with E-state index < -0.39 is 0 Å². The normalized spacial score (nSPS) is 22.5. The van der Waals surface area contributed by atoms with Crippen molar-refractivity contribution < 1.29 is 14.3 Å².